The molecule has 1 fully saturated rings. The predicted molar refractivity (Wildman–Crippen MR) is 108 cm³/mol. The van der Waals surface area contributed by atoms with E-state index in [-0.39, 0.29) is 17.6 Å². The zero-order valence-electron chi connectivity index (χ0n) is 16.2. The number of carbonyl (C=O) groups is 1. The molecule has 0 aliphatic carbocycles. The third kappa shape index (κ3) is 4.11. The van der Waals surface area contributed by atoms with E-state index in [1.165, 1.54) is 12.1 Å². The summed E-state index contributed by atoms with van der Waals surface area (Å²) in [4.78, 5) is 23.2. The topological polar surface area (TPSA) is 86.8 Å². The van der Waals surface area contributed by atoms with Crippen molar-refractivity contribution in [3.8, 4) is 11.1 Å². The van der Waals surface area contributed by atoms with Crippen LogP contribution in [-0.4, -0.2) is 50.6 Å². The monoisotopic (exact) mass is 394 g/mol. The van der Waals surface area contributed by atoms with Crippen LogP contribution in [-0.2, 0) is 0 Å². The molecule has 0 bridgehead atoms. The van der Waals surface area contributed by atoms with Crippen LogP contribution in [0.5, 0.6) is 0 Å². The number of carbonyl (C=O) groups excluding carboxylic acids is 1. The van der Waals surface area contributed by atoms with Crippen molar-refractivity contribution in [2.24, 2.45) is 0 Å². The van der Waals surface area contributed by atoms with Gasteiger partial charge < -0.3 is 10.2 Å². The summed E-state index contributed by atoms with van der Waals surface area (Å²) in [6, 6.07) is 6.39. The second-order valence-corrected chi connectivity index (χ2v) is 7.12. The van der Waals surface area contributed by atoms with Crippen molar-refractivity contribution < 1.29 is 9.18 Å². The Labute approximate surface area is 168 Å². The number of rotatable bonds is 5. The van der Waals surface area contributed by atoms with Gasteiger partial charge in [0.05, 0.1) is 11.8 Å². The van der Waals surface area contributed by atoms with Crippen LogP contribution in [0, 0.1) is 5.82 Å². The van der Waals surface area contributed by atoms with Gasteiger partial charge in [-0.25, -0.2) is 14.4 Å². The van der Waals surface area contributed by atoms with Crippen LogP contribution in [0.25, 0.3) is 11.1 Å². The number of hydrogen-bond acceptors (Lipinski definition) is 5. The molecule has 3 heterocycles. The Bertz CT molecular complexity index is 970. The number of nitrogens with zero attached hydrogens (tertiary/aromatic N) is 4. The Morgan fingerprint density at radius 1 is 1.24 bits per heavy atom. The standard InChI is InChI=1S/C21H23FN6O/c1-2-23-21-24-10-16(11-25-21)20(29)28-9-3-4-15(13-28)19-18(12-26-27-19)14-5-7-17(22)8-6-14/h5-8,10-12,15H,2-4,9,13H2,1H3,(H,26,27)(H,23,24,25)/t15-/m1/s1. The Hall–Kier alpha value is -3.29. The number of anilines is 1. The number of amides is 1. The molecular formula is C21H23FN6O. The number of nitrogens with one attached hydrogen (secondary N) is 2. The number of H-pyrrole nitrogens is 1. The summed E-state index contributed by atoms with van der Waals surface area (Å²) in [6.45, 7) is 3.97. The lowest BCUT2D eigenvalue weighted by Gasteiger charge is -2.32. The van der Waals surface area contributed by atoms with Crippen LogP contribution in [0.2, 0.25) is 0 Å². The van der Waals surface area contributed by atoms with Gasteiger partial charge in [0, 0.05) is 49.2 Å². The van der Waals surface area contributed by atoms with Crippen LogP contribution in [0.3, 0.4) is 0 Å². The van der Waals surface area contributed by atoms with Gasteiger partial charge in [-0.05, 0) is 37.5 Å². The number of piperidine rings is 1. The number of hydrogen-bond donors (Lipinski definition) is 2. The number of aromatic amines is 1. The van der Waals surface area contributed by atoms with Gasteiger partial charge in [-0.3, -0.25) is 9.89 Å². The van der Waals surface area contributed by atoms with Crippen molar-refractivity contribution in [2.75, 3.05) is 25.0 Å². The zero-order valence-corrected chi connectivity index (χ0v) is 16.2. The van der Waals surface area contributed by atoms with E-state index >= 15 is 0 Å². The molecule has 1 saturated heterocycles. The van der Waals surface area contributed by atoms with Crippen LogP contribution in [0.15, 0.2) is 42.9 Å². The van der Waals surface area contributed by atoms with Gasteiger partial charge in [0.1, 0.15) is 5.82 Å². The lowest BCUT2D eigenvalue weighted by Crippen LogP contribution is -2.39. The molecule has 8 heteroatoms. The second kappa shape index (κ2) is 8.38. The maximum atomic E-state index is 13.3. The van der Waals surface area contributed by atoms with Crippen LogP contribution >= 0.6 is 0 Å². The molecule has 0 unspecified atom stereocenters. The first kappa shape index (κ1) is 19.0. The summed E-state index contributed by atoms with van der Waals surface area (Å²) >= 11 is 0. The van der Waals surface area contributed by atoms with Crippen molar-refractivity contribution in [3.05, 3.63) is 59.9 Å². The Morgan fingerprint density at radius 3 is 2.72 bits per heavy atom. The molecule has 2 aromatic heterocycles. The minimum Gasteiger partial charge on any atom is -0.355 e. The van der Waals surface area contributed by atoms with E-state index in [4.69, 9.17) is 0 Å². The number of aromatic nitrogens is 4. The average molecular weight is 394 g/mol. The maximum absolute atomic E-state index is 13.3. The summed E-state index contributed by atoms with van der Waals surface area (Å²) in [5.74, 6) is 0.315. The third-order valence-electron chi connectivity index (χ3n) is 5.17. The molecule has 3 aromatic rings. The molecule has 150 valence electrons. The normalized spacial score (nSPS) is 16.6. The fourth-order valence-electron chi connectivity index (χ4n) is 3.73. The molecule has 0 spiro atoms. The maximum Gasteiger partial charge on any atom is 0.257 e. The molecule has 2 N–H and O–H groups in total. The molecular weight excluding hydrogens is 371 g/mol. The zero-order chi connectivity index (χ0) is 20.2. The number of likely N-dealkylation sites (tertiary alicyclic amines) is 1. The molecule has 1 aromatic carbocycles. The van der Waals surface area contributed by atoms with Crippen molar-refractivity contribution in [3.63, 3.8) is 0 Å². The smallest absolute Gasteiger partial charge is 0.257 e. The highest BCUT2D eigenvalue weighted by Gasteiger charge is 2.28. The lowest BCUT2D eigenvalue weighted by molar-refractivity contribution is 0.0705. The molecule has 0 saturated carbocycles. The highest BCUT2D eigenvalue weighted by Crippen LogP contribution is 2.33. The molecule has 1 aliphatic rings. The number of benzene rings is 1. The quantitative estimate of drug-likeness (QED) is 0.692. The summed E-state index contributed by atoms with van der Waals surface area (Å²) in [7, 11) is 0. The van der Waals surface area contributed by atoms with Gasteiger partial charge >= 0.3 is 0 Å². The molecule has 1 amide bonds. The highest BCUT2D eigenvalue weighted by molar-refractivity contribution is 5.93. The van der Waals surface area contributed by atoms with Gasteiger partial charge in [-0.15, -0.1) is 0 Å². The van der Waals surface area contributed by atoms with E-state index < -0.39 is 0 Å². The molecule has 1 aliphatic heterocycles. The van der Waals surface area contributed by atoms with Gasteiger partial charge in [0.15, 0.2) is 0 Å². The van der Waals surface area contributed by atoms with E-state index in [0.717, 1.165) is 36.2 Å². The fraction of sp³-hybridized carbons (Fsp3) is 0.333. The predicted octanol–water partition coefficient (Wildman–Crippen LogP) is 3.46. The van der Waals surface area contributed by atoms with E-state index in [1.54, 1.807) is 30.7 Å². The summed E-state index contributed by atoms with van der Waals surface area (Å²) in [5, 5.41) is 10.3. The Balaban J connectivity index is 1.51. The summed E-state index contributed by atoms with van der Waals surface area (Å²) < 4.78 is 13.3. The number of halogens is 1. The Kier molecular flexibility index (Phi) is 5.50. The first-order valence-corrected chi connectivity index (χ1v) is 9.80. The largest absolute Gasteiger partial charge is 0.355 e. The van der Waals surface area contributed by atoms with Crippen LogP contribution < -0.4 is 5.32 Å². The van der Waals surface area contributed by atoms with Gasteiger partial charge in [-0.2, -0.15) is 5.10 Å². The van der Waals surface area contributed by atoms with Crippen molar-refractivity contribution >= 4 is 11.9 Å². The van der Waals surface area contributed by atoms with Gasteiger partial charge in [0.25, 0.3) is 5.91 Å². The molecule has 1 atom stereocenters. The first-order valence-electron chi connectivity index (χ1n) is 9.80. The molecule has 7 nitrogen and oxygen atoms in total. The second-order valence-electron chi connectivity index (χ2n) is 7.12. The average Bonchev–Trinajstić information content (AvgIpc) is 3.25. The first-order chi connectivity index (χ1) is 14.2. The highest BCUT2D eigenvalue weighted by atomic mass is 19.1. The molecule has 0 radical (unpaired) electrons. The molecule has 4 rings (SSSR count). The fourth-order valence-corrected chi connectivity index (χ4v) is 3.73. The summed E-state index contributed by atoms with van der Waals surface area (Å²) in [6.07, 6.45) is 6.75. The summed E-state index contributed by atoms with van der Waals surface area (Å²) in [5.41, 5.74) is 3.32. The van der Waals surface area contributed by atoms with Crippen molar-refractivity contribution in [1.29, 1.82) is 0 Å². The van der Waals surface area contributed by atoms with Crippen LogP contribution in [0.4, 0.5) is 10.3 Å². The minimum atomic E-state index is -0.268. The molecule has 29 heavy (non-hydrogen) atoms. The van der Waals surface area contributed by atoms with Crippen molar-refractivity contribution in [2.45, 2.75) is 25.7 Å². The van der Waals surface area contributed by atoms with Gasteiger partial charge in [-0.1, -0.05) is 12.1 Å². The Morgan fingerprint density at radius 2 is 2.00 bits per heavy atom. The van der Waals surface area contributed by atoms with Crippen LogP contribution in [0.1, 0.15) is 41.7 Å². The SMILES string of the molecule is CCNc1ncc(C(=O)N2CCC[C@@H](c3[nH]ncc3-c3ccc(F)cc3)C2)cn1. The minimum absolute atomic E-state index is 0.0689. The third-order valence-corrected chi connectivity index (χ3v) is 5.17. The van der Waals surface area contributed by atoms with Gasteiger partial charge in [0.2, 0.25) is 5.95 Å². The lowest BCUT2D eigenvalue weighted by atomic mass is 9.90. The van der Waals surface area contributed by atoms with E-state index in [0.29, 0.717) is 24.6 Å². The van der Waals surface area contributed by atoms with E-state index in [2.05, 4.69) is 25.5 Å². The van der Waals surface area contributed by atoms with E-state index in [9.17, 15) is 9.18 Å². The van der Waals surface area contributed by atoms with Crippen molar-refractivity contribution in [1.82, 2.24) is 25.1 Å². The van der Waals surface area contributed by atoms with E-state index in [1.807, 2.05) is 11.8 Å².